The predicted octanol–water partition coefficient (Wildman–Crippen LogP) is 3.55. The van der Waals surface area contributed by atoms with Gasteiger partial charge in [0.05, 0.1) is 5.56 Å². The quantitative estimate of drug-likeness (QED) is 0.852. The maximum atomic E-state index is 13.8. The van der Waals surface area contributed by atoms with Gasteiger partial charge in [-0.2, -0.15) is 0 Å². The molecule has 1 N–H and O–H groups in total. The van der Waals surface area contributed by atoms with Crippen molar-refractivity contribution in [3.05, 3.63) is 35.1 Å². The molecule has 1 unspecified atom stereocenters. The Kier molecular flexibility index (Phi) is 5.32. The van der Waals surface area contributed by atoms with Crippen LogP contribution in [0.15, 0.2) is 18.2 Å². The van der Waals surface area contributed by atoms with Crippen LogP contribution in [0.5, 0.6) is 0 Å². The van der Waals surface area contributed by atoms with Gasteiger partial charge in [0.1, 0.15) is 5.82 Å². The van der Waals surface area contributed by atoms with Gasteiger partial charge in [-0.3, -0.25) is 4.79 Å². The van der Waals surface area contributed by atoms with Gasteiger partial charge < -0.3 is 5.32 Å². The summed E-state index contributed by atoms with van der Waals surface area (Å²) in [7, 11) is 0. The second-order valence-electron chi connectivity index (χ2n) is 5.03. The van der Waals surface area contributed by atoms with E-state index in [9.17, 15) is 9.18 Å². The minimum atomic E-state index is -0.436. The molecular weight excluding hydrogens is 229 g/mol. The monoisotopic (exact) mass is 251 g/mol. The maximum absolute atomic E-state index is 13.8. The first-order chi connectivity index (χ1) is 8.47. The third kappa shape index (κ3) is 3.56. The van der Waals surface area contributed by atoms with E-state index in [2.05, 4.69) is 5.32 Å². The molecule has 1 atom stereocenters. The van der Waals surface area contributed by atoms with Crippen molar-refractivity contribution in [3.63, 3.8) is 0 Å². The van der Waals surface area contributed by atoms with E-state index in [0.717, 1.165) is 18.4 Å². The number of halogens is 1. The largest absolute Gasteiger partial charge is 0.349 e. The van der Waals surface area contributed by atoms with Crippen LogP contribution < -0.4 is 5.32 Å². The highest BCUT2D eigenvalue weighted by Crippen LogP contribution is 2.16. The van der Waals surface area contributed by atoms with Crippen molar-refractivity contribution in [2.45, 2.75) is 46.6 Å². The van der Waals surface area contributed by atoms with E-state index < -0.39 is 5.82 Å². The van der Waals surface area contributed by atoms with Crippen LogP contribution in [0, 0.1) is 11.7 Å². The molecule has 0 saturated heterocycles. The van der Waals surface area contributed by atoms with Crippen molar-refractivity contribution < 1.29 is 9.18 Å². The summed E-state index contributed by atoms with van der Waals surface area (Å²) in [5.74, 6) is -0.414. The van der Waals surface area contributed by atoms with Crippen LogP contribution >= 0.6 is 0 Å². The van der Waals surface area contributed by atoms with E-state index in [1.807, 2.05) is 33.8 Å². The Hall–Kier alpha value is -1.38. The molecule has 1 aromatic carbocycles. The number of carbonyl (C=O) groups excluding carboxylic acids is 1. The molecule has 0 fully saturated rings. The first-order valence-electron chi connectivity index (χ1n) is 6.55. The summed E-state index contributed by atoms with van der Waals surface area (Å²) in [4.78, 5) is 12.1. The molecular formula is C15H22FNO. The molecule has 0 aliphatic heterocycles. The van der Waals surface area contributed by atoms with E-state index in [1.165, 1.54) is 6.07 Å². The maximum Gasteiger partial charge on any atom is 0.254 e. The first-order valence-corrected chi connectivity index (χ1v) is 6.55. The molecule has 100 valence electrons. The van der Waals surface area contributed by atoms with Gasteiger partial charge in [-0.15, -0.1) is 0 Å². The molecule has 3 heteroatoms. The standard InChI is InChI=1S/C15H22FNO/c1-5-7-12-8-6-9-13(16)14(12)15(18)17-11(4)10(2)3/h6,8-11H,5,7H2,1-4H3,(H,17,18). The van der Waals surface area contributed by atoms with Crippen molar-refractivity contribution in [3.8, 4) is 0 Å². The highest BCUT2D eigenvalue weighted by atomic mass is 19.1. The highest BCUT2D eigenvalue weighted by Gasteiger charge is 2.18. The third-order valence-electron chi connectivity index (χ3n) is 3.21. The number of rotatable bonds is 5. The smallest absolute Gasteiger partial charge is 0.254 e. The number of nitrogens with one attached hydrogen (secondary N) is 1. The van der Waals surface area contributed by atoms with E-state index in [4.69, 9.17) is 0 Å². The summed E-state index contributed by atoms with van der Waals surface area (Å²) in [6.45, 7) is 8.00. The molecule has 1 rings (SSSR count). The molecule has 0 aliphatic carbocycles. The van der Waals surface area contributed by atoms with E-state index in [1.54, 1.807) is 6.07 Å². The fourth-order valence-corrected chi connectivity index (χ4v) is 1.75. The Morgan fingerprint density at radius 3 is 2.56 bits per heavy atom. The molecule has 1 aromatic rings. The Balaban J connectivity index is 2.97. The minimum Gasteiger partial charge on any atom is -0.349 e. The normalized spacial score (nSPS) is 12.6. The average Bonchev–Trinajstić information content (AvgIpc) is 2.29. The van der Waals surface area contributed by atoms with E-state index in [-0.39, 0.29) is 17.5 Å². The van der Waals surface area contributed by atoms with Crippen LogP contribution in [0.4, 0.5) is 4.39 Å². The number of hydrogen-bond acceptors (Lipinski definition) is 1. The van der Waals surface area contributed by atoms with Crippen LogP contribution in [0.1, 0.15) is 50.0 Å². The lowest BCUT2D eigenvalue weighted by Crippen LogP contribution is -2.37. The molecule has 1 amide bonds. The lowest BCUT2D eigenvalue weighted by Gasteiger charge is -2.19. The summed E-state index contributed by atoms with van der Waals surface area (Å²) in [5.41, 5.74) is 0.984. The third-order valence-corrected chi connectivity index (χ3v) is 3.21. The molecule has 0 spiro atoms. The van der Waals surface area contributed by atoms with Gasteiger partial charge in [0.2, 0.25) is 0 Å². The topological polar surface area (TPSA) is 29.1 Å². The molecule has 0 aromatic heterocycles. The van der Waals surface area contributed by atoms with Crippen molar-refractivity contribution in [2.24, 2.45) is 5.92 Å². The molecule has 0 aliphatic rings. The Morgan fingerprint density at radius 2 is 2.00 bits per heavy atom. The molecule has 0 bridgehead atoms. The molecule has 0 radical (unpaired) electrons. The summed E-state index contributed by atoms with van der Waals surface area (Å²) in [6, 6.07) is 4.85. The zero-order valence-corrected chi connectivity index (χ0v) is 11.6. The first kappa shape index (κ1) is 14.7. The number of aryl methyl sites for hydroxylation is 1. The number of carbonyl (C=O) groups is 1. The number of benzene rings is 1. The van der Waals surface area contributed by atoms with Crippen LogP contribution in [0.25, 0.3) is 0 Å². The highest BCUT2D eigenvalue weighted by molar-refractivity contribution is 5.96. The number of amides is 1. The van der Waals surface area contributed by atoms with Crippen LogP contribution in [0.2, 0.25) is 0 Å². The van der Waals surface area contributed by atoms with E-state index >= 15 is 0 Å². The fraction of sp³-hybridized carbons (Fsp3) is 0.533. The summed E-state index contributed by atoms with van der Waals surface area (Å²) >= 11 is 0. The van der Waals surface area contributed by atoms with Crippen molar-refractivity contribution in [1.82, 2.24) is 5.32 Å². The second-order valence-corrected chi connectivity index (χ2v) is 5.03. The van der Waals surface area contributed by atoms with Gasteiger partial charge in [0.15, 0.2) is 0 Å². The average molecular weight is 251 g/mol. The lowest BCUT2D eigenvalue weighted by molar-refractivity contribution is 0.0925. The minimum absolute atomic E-state index is 0.0339. The lowest BCUT2D eigenvalue weighted by atomic mass is 10.0. The zero-order valence-electron chi connectivity index (χ0n) is 11.6. The van der Waals surface area contributed by atoms with Crippen molar-refractivity contribution in [2.75, 3.05) is 0 Å². The molecule has 0 saturated carbocycles. The summed E-state index contributed by atoms with van der Waals surface area (Å²) in [6.07, 6.45) is 1.61. The van der Waals surface area contributed by atoms with Crippen LogP contribution in [0.3, 0.4) is 0 Å². The second kappa shape index (κ2) is 6.53. The fourth-order valence-electron chi connectivity index (χ4n) is 1.75. The summed E-state index contributed by atoms with van der Waals surface area (Å²) < 4.78 is 13.8. The number of hydrogen-bond donors (Lipinski definition) is 1. The van der Waals surface area contributed by atoms with Gasteiger partial charge in [-0.25, -0.2) is 4.39 Å². The Bertz CT molecular complexity index is 415. The summed E-state index contributed by atoms with van der Waals surface area (Å²) in [5, 5.41) is 2.86. The Labute approximate surface area is 109 Å². The molecule has 0 heterocycles. The predicted molar refractivity (Wildman–Crippen MR) is 72.2 cm³/mol. The Morgan fingerprint density at radius 1 is 1.33 bits per heavy atom. The molecule has 18 heavy (non-hydrogen) atoms. The van der Waals surface area contributed by atoms with Gasteiger partial charge in [0, 0.05) is 6.04 Å². The molecule has 2 nitrogen and oxygen atoms in total. The zero-order chi connectivity index (χ0) is 13.7. The van der Waals surface area contributed by atoms with Crippen LogP contribution in [-0.2, 0) is 6.42 Å². The van der Waals surface area contributed by atoms with Crippen LogP contribution in [-0.4, -0.2) is 11.9 Å². The van der Waals surface area contributed by atoms with E-state index in [0.29, 0.717) is 5.92 Å². The van der Waals surface area contributed by atoms with Gasteiger partial charge in [-0.05, 0) is 30.9 Å². The van der Waals surface area contributed by atoms with Gasteiger partial charge >= 0.3 is 0 Å². The SMILES string of the molecule is CCCc1cccc(F)c1C(=O)NC(C)C(C)C. The van der Waals surface area contributed by atoms with Gasteiger partial charge in [0.25, 0.3) is 5.91 Å². The van der Waals surface area contributed by atoms with Gasteiger partial charge in [-0.1, -0.05) is 39.3 Å². The van der Waals surface area contributed by atoms with Crippen molar-refractivity contribution >= 4 is 5.91 Å². The van der Waals surface area contributed by atoms with Crippen molar-refractivity contribution in [1.29, 1.82) is 0 Å².